The number of para-hydroxylation sites is 1. The predicted molar refractivity (Wildman–Crippen MR) is 221 cm³/mol. The van der Waals surface area contributed by atoms with Gasteiger partial charge in [0, 0.05) is 65.1 Å². The normalized spacial score (nSPS) is 11.9. The molecule has 0 saturated heterocycles. The molecule has 242 valence electrons. The summed E-state index contributed by atoms with van der Waals surface area (Å²) in [5, 5.41) is 10.9. The van der Waals surface area contributed by atoms with Gasteiger partial charge < -0.3 is 0 Å². The minimum Gasteiger partial charge on any atom is -0.254 e. The maximum absolute atomic E-state index is 5.31. The largest absolute Gasteiger partial charge is 0.254 e. The molecule has 0 aliphatic rings. The van der Waals surface area contributed by atoms with E-state index in [2.05, 4.69) is 145 Å². The van der Waals surface area contributed by atoms with Crippen molar-refractivity contribution in [3.63, 3.8) is 0 Å². The second kappa shape index (κ2) is 11.3. The van der Waals surface area contributed by atoms with Crippen molar-refractivity contribution in [3.8, 4) is 33.5 Å². The maximum Gasteiger partial charge on any atom is 0.0970 e. The molecular formula is C48H29N3S. The third-order valence-corrected chi connectivity index (χ3v) is 12.0. The Kier molecular flexibility index (Phi) is 6.34. The summed E-state index contributed by atoms with van der Waals surface area (Å²) in [6.45, 7) is 2.21. The van der Waals surface area contributed by atoms with Crippen molar-refractivity contribution >= 4 is 85.8 Å². The van der Waals surface area contributed by atoms with E-state index < -0.39 is 0 Å². The Bertz CT molecular complexity index is 3270. The highest BCUT2D eigenvalue weighted by molar-refractivity contribution is 7.27. The van der Waals surface area contributed by atoms with Crippen molar-refractivity contribution in [1.29, 1.82) is 0 Å². The Labute approximate surface area is 303 Å². The fraction of sp³-hybridized carbons (Fsp3) is 0.0208. The first-order valence-corrected chi connectivity index (χ1v) is 18.4. The molecule has 0 aliphatic carbocycles. The molecule has 4 aromatic heterocycles. The number of aryl methyl sites for hydroxylation is 1. The van der Waals surface area contributed by atoms with E-state index in [1.54, 1.807) is 0 Å². The van der Waals surface area contributed by atoms with Crippen LogP contribution in [-0.4, -0.2) is 15.0 Å². The summed E-state index contributed by atoms with van der Waals surface area (Å²) in [6, 6.07) is 52.7. The van der Waals surface area contributed by atoms with Crippen LogP contribution in [0.2, 0.25) is 0 Å². The summed E-state index contributed by atoms with van der Waals surface area (Å²) < 4.78 is 2.69. The van der Waals surface area contributed by atoms with E-state index in [-0.39, 0.29) is 0 Å². The highest BCUT2D eigenvalue weighted by Crippen LogP contribution is 2.44. The second-order valence-electron chi connectivity index (χ2n) is 13.7. The Morgan fingerprint density at radius 1 is 0.442 bits per heavy atom. The van der Waals surface area contributed by atoms with Gasteiger partial charge in [0.2, 0.25) is 0 Å². The van der Waals surface area contributed by atoms with Crippen molar-refractivity contribution < 1.29 is 0 Å². The average molecular weight is 680 g/mol. The van der Waals surface area contributed by atoms with Crippen LogP contribution in [0.3, 0.4) is 0 Å². The predicted octanol–water partition coefficient (Wildman–Crippen LogP) is 13.3. The summed E-state index contributed by atoms with van der Waals surface area (Å²) in [5.41, 5.74) is 11.0. The van der Waals surface area contributed by atoms with E-state index in [0.717, 1.165) is 38.6 Å². The lowest BCUT2D eigenvalue weighted by molar-refractivity contribution is 1.37. The molecule has 0 fully saturated rings. The molecule has 4 heterocycles. The Morgan fingerprint density at radius 2 is 1.13 bits per heavy atom. The lowest BCUT2D eigenvalue weighted by Crippen LogP contribution is -1.91. The molecule has 0 saturated carbocycles. The third-order valence-electron chi connectivity index (χ3n) is 10.6. The van der Waals surface area contributed by atoms with E-state index in [1.807, 2.05) is 35.9 Å². The first-order chi connectivity index (χ1) is 25.7. The number of nitrogens with zero attached hydrogens (tertiary/aromatic N) is 3. The Morgan fingerprint density at radius 3 is 2.06 bits per heavy atom. The van der Waals surface area contributed by atoms with Gasteiger partial charge in [-0.15, -0.1) is 11.3 Å². The SMILES string of the molecule is Cc1cccc2c1sc1c2ccc2c(-c3cccc(-c4ccc5cc(-c6cc7cccnc7c7ncccc67)ccc5c4)c3)nc3ccccc3c21. The third kappa shape index (κ3) is 4.41. The fourth-order valence-corrected chi connectivity index (χ4v) is 9.44. The number of pyridine rings is 3. The molecular weight excluding hydrogens is 651 g/mol. The van der Waals surface area contributed by atoms with Crippen LogP contribution in [0.15, 0.2) is 158 Å². The van der Waals surface area contributed by atoms with Gasteiger partial charge in [0.25, 0.3) is 0 Å². The summed E-state index contributed by atoms with van der Waals surface area (Å²) in [7, 11) is 0. The van der Waals surface area contributed by atoms with Crippen LogP contribution in [-0.2, 0) is 0 Å². The van der Waals surface area contributed by atoms with Gasteiger partial charge in [0.15, 0.2) is 0 Å². The summed E-state index contributed by atoms with van der Waals surface area (Å²) >= 11 is 1.90. The molecule has 11 rings (SSSR count). The molecule has 3 nitrogen and oxygen atoms in total. The lowest BCUT2D eigenvalue weighted by atomic mass is 9.93. The molecule has 11 aromatic rings. The lowest BCUT2D eigenvalue weighted by Gasteiger charge is -2.13. The number of aromatic nitrogens is 3. The van der Waals surface area contributed by atoms with Crippen LogP contribution < -0.4 is 0 Å². The summed E-state index contributed by atoms with van der Waals surface area (Å²) in [4.78, 5) is 14.7. The smallest absolute Gasteiger partial charge is 0.0970 e. The van der Waals surface area contributed by atoms with Crippen molar-refractivity contribution in [2.24, 2.45) is 0 Å². The highest BCUT2D eigenvalue weighted by Gasteiger charge is 2.17. The molecule has 52 heavy (non-hydrogen) atoms. The number of hydrogen-bond donors (Lipinski definition) is 0. The first-order valence-electron chi connectivity index (χ1n) is 17.6. The quantitative estimate of drug-likeness (QED) is 0.174. The van der Waals surface area contributed by atoms with Crippen molar-refractivity contribution in [3.05, 3.63) is 164 Å². The molecule has 0 atom stereocenters. The number of rotatable bonds is 3. The molecule has 7 aromatic carbocycles. The monoisotopic (exact) mass is 679 g/mol. The second-order valence-corrected chi connectivity index (χ2v) is 14.7. The van der Waals surface area contributed by atoms with Crippen molar-refractivity contribution in [1.82, 2.24) is 15.0 Å². The Balaban J connectivity index is 1.04. The van der Waals surface area contributed by atoms with Crippen LogP contribution in [0, 0.1) is 6.92 Å². The topological polar surface area (TPSA) is 38.7 Å². The number of benzene rings is 7. The van der Waals surface area contributed by atoms with Gasteiger partial charge in [-0.1, -0.05) is 103 Å². The zero-order valence-corrected chi connectivity index (χ0v) is 29.1. The van der Waals surface area contributed by atoms with Crippen LogP contribution in [0.4, 0.5) is 0 Å². The number of thiophene rings is 1. The Hall–Kier alpha value is -6.49. The molecule has 0 aliphatic heterocycles. The fourth-order valence-electron chi connectivity index (χ4n) is 8.11. The molecule has 4 heteroatoms. The van der Waals surface area contributed by atoms with Gasteiger partial charge in [-0.2, -0.15) is 0 Å². The van der Waals surface area contributed by atoms with E-state index in [0.29, 0.717) is 0 Å². The van der Waals surface area contributed by atoms with Crippen LogP contribution in [0.5, 0.6) is 0 Å². The van der Waals surface area contributed by atoms with Crippen LogP contribution in [0.1, 0.15) is 5.56 Å². The van der Waals surface area contributed by atoms with E-state index in [4.69, 9.17) is 9.97 Å². The molecule has 0 bridgehead atoms. The number of hydrogen-bond acceptors (Lipinski definition) is 4. The minimum absolute atomic E-state index is 0.933. The van der Waals surface area contributed by atoms with Crippen molar-refractivity contribution in [2.75, 3.05) is 0 Å². The molecule has 0 amide bonds. The average Bonchev–Trinajstić information content (AvgIpc) is 3.60. The van der Waals surface area contributed by atoms with E-state index in [1.165, 1.54) is 74.9 Å². The minimum atomic E-state index is 0.933. The summed E-state index contributed by atoms with van der Waals surface area (Å²) in [6.07, 6.45) is 3.69. The van der Waals surface area contributed by atoms with Crippen LogP contribution in [0.25, 0.3) is 108 Å². The van der Waals surface area contributed by atoms with E-state index in [9.17, 15) is 0 Å². The van der Waals surface area contributed by atoms with Gasteiger partial charge in [-0.3, -0.25) is 9.97 Å². The number of fused-ring (bicyclic) bond motifs is 11. The zero-order valence-electron chi connectivity index (χ0n) is 28.3. The molecule has 0 N–H and O–H groups in total. The standard InChI is InChI=1S/C48H29N3S/c1-28-8-4-13-37-38-20-21-40-43(48(38)52-47(28)37)39-12-2-3-15-42(39)51-44(40)34-10-5-9-29(26-34)30-16-17-32-25-33(19-18-31(32)24-30)41-27-35-11-6-22-49-45(35)46-36(41)14-7-23-50-46/h2-27H,1H3. The van der Waals surface area contributed by atoms with E-state index >= 15 is 0 Å². The molecule has 0 spiro atoms. The van der Waals surface area contributed by atoms with Gasteiger partial charge in [0.05, 0.1) is 22.2 Å². The van der Waals surface area contributed by atoms with Crippen LogP contribution >= 0.6 is 11.3 Å². The van der Waals surface area contributed by atoms with Crippen molar-refractivity contribution in [2.45, 2.75) is 6.92 Å². The van der Waals surface area contributed by atoms with Gasteiger partial charge in [0.1, 0.15) is 0 Å². The van der Waals surface area contributed by atoms with Gasteiger partial charge in [-0.05, 0) is 88.0 Å². The first kappa shape index (κ1) is 29.3. The molecule has 0 radical (unpaired) electrons. The van der Waals surface area contributed by atoms with Gasteiger partial charge in [-0.25, -0.2) is 4.98 Å². The summed E-state index contributed by atoms with van der Waals surface area (Å²) in [5.74, 6) is 0. The zero-order chi connectivity index (χ0) is 34.3. The maximum atomic E-state index is 5.31. The molecule has 0 unspecified atom stereocenters. The highest BCUT2D eigenvalue weighted by atomic mass is 32.1. The van der Waals surface area contributed by atoms with Gasteiger partial charge >= 0.3 is 0 Å².